The number of ether oxygens (including phenoxy) is 1. The normalized spacial score (nSPS) is 12.0. The zero-order valence-electron chi connectivity index (χ0n) is 16.3. The first-order valence-corrected chi connectivity index (χ1v) is 9.96. The molecule has 1 N–H and O–H groups in total. The van der Waals surface area contributed by atoms with E-state index in [2.05, 4.69) is 10.5 Å². The number of nitrogens with one attached hydrogen (secondary N) is 1. The number of benzene rings is 1. The van der Waals surface area contributed by atoms with Crippen LogP contribution < -0.4 is 5.32 Å². The van der Waals surface area contributed by atoms with Gasteiger partial charge >= 0.3 is 5.97 Å². The van der Waals surface area contributed by atoms with Gasteiger partial charge in [-0.05, 0) is 36.1 Å². The second kappa shape index (κ2) is 9.00. The fourth-order valence-electron chi connectivity index (χ4n) is 2.87. The molecule has 6 nitrogen and oxygen atoms in total. The molecular formula is C21H21FN2O4S. The third-order valence-electron chi connectivity index (χ3n) is 4.29. The van der Waals surface area contributed by atoms with Crippen LogP contribution in [0, 0.1) is 12.7 Å². The van der Waals surface area contributed by atoms with Crippen molar-refractivity contribution in [1.29, 1.82) is 0 Å². The first-order valence-electron chi connectivity index (χ1n) is 9.08. The van der Waals surface area contributed by atoms with Crippen LogP contribution in [0.2, 0.25) is 0 Å². The highest BCUT2D eigenvalue weighted by atomic mass is 32.1. The van der Waals surface area contributed by atoms with Gasteiger partial charge in [-0.1, -0.05) is 37.2 Å². The van der Waals surface area contributed by atoms with E-state index >= 15 is 0 Å². The maximum absolute atomic E-state index is 13.3. The molecule has 1 unspecified atom stereocenters. The molecule has 2 heterocycles. The standard InChI is InChI=1S/C21H21FN2O4S/c1-12(2)20-18(13(3)24-28-20)21(26)27-11-17(25)23-19(16-5-4-10-29-16)14-6-8-15(22)9-7-14/h4-10,12,19H,11H2,1-3H3,(H,23,25). The molecule has 2 aromatic heterocycles. The lowest BCUT2D eigenvalue weighted by Gasteiger charge is -2.18. The summed E-state index contributed by atoms with van der Waals surface area (Å²) < 4.78 is 23.6. The minimum Gasteiger partial charge on any atom is -0.452 e. The van der Waals surface area contributed by atoms with Crippen molar-refractivity contribution in [2.75, 3.05) is 6.61 Å². The van der Waals surface area contributed by atoms with E-state index in [0.717, 1.165) is 10.4 Å². The quantitative estimate of drug-likeness (QED) is 0.579. The Labute approximate surface area is 171 Å². The molecule has 0 radical (unpaired) electrons. The molecule has 0 aliphatic heterocycles. The second-order valence-corrected chi connectivity index (χ2v) is 7.78. The highest BCUT2D eigenvalue weighted by molar-refractivity contribution is 7.10. The van der Waals surface area contributed by atoms with Crippen LogP contribution in [0.1, 0.15) is 58.1 Å². The van der Waals surface area contributed by atoms with E-state index in [-0.39, 0.29) is 17.3 Å². The van der Waals surface area contributed by atoms with E-state index in [1.807, 2.05) is 31.4 Å². The van der Waals surface area contributed by atoms with Gasteiger partial charge in [-0.3, -0.25) is 4.79 Å². The predicted octanol–water partition coefficient (Wildman–Crippen LogP) is 4.37. The number of rotatable bonds is 7. The number of aromatic nitrogens is 1. The Kier molecular flexibility index (Phi) is 6.43. The summed E-state index contributed by atoms with van der Waals surface area (Å²) >= 11 is 1.46. The van der Waals surface area contributed by atoms with E-state index < -0.39 is 24.5 Å². The van der Waals surface area contributed by atoms with E-state index in [4.69, 9.17) is 9.26 Å². The number of nitrogens with zero attached hydrogens (tertiary/aromatic N) is 1. The van der Waals surface area contributed by atoms with Gasteiger partial charge in [0.1, 0.15) is 11.4 Å². The third-order valence-corrected chi connectivity index (χ3v) is 5.23. The molecule has 8 heteroatoms. The number of hydrogen-bond donors (Lipinski definition) is 1. The molecule has 3 aromatic rings. The van der Waals surface area contributed by atoms with Gasteiger partial charge in [0.2, 0.25) is 0 Å². The first-order chi connectivity index (χ1) is 13.9. The molecule has 1 atom stereocenters. The van der Waals surface area contributed by atoms with Gasteiger partial charge in [0.25, 0.3) is 5.91 Å². The van der Waals surface area contributed by atoms with Gasteiger partial charge in [-0.2, -0.15) is 0 Å². The average molecular weight is 416 g/mol. The summed E-state index contributed by atoms with van der Waals surface area (Å²) in [7, 11) is 0. The van der Waals surface area contributed by atoms with Crippen LogP contribution in [0.5, 0.6) is 0 Å². The summed E-state index contributed by atoms with van der Waals surface area (Å²) in [6, 6.07) is 9.17. The monoisotopic (exact) mass is 416 g/mol. The molecule has 1 aromatic carbocycles. The number of esters is 1. The largest absolute Gasteiger partial charge is 0.452 e. The molecule has 0 bridgehead atoms. The molecule has 0 aliphatic carbocycles. The van der Waals surface area contributed by atoms with Gasteiger partial charge in [-0.25, -0.2) is 9.18 Å². The lowest BCUT2D eigenvalue weighted by atomic mass is 10.1. The van der Waals surface area contributed by atoms with Gasteiger partial charge < -0.3 is 14.6 Å². The van der Waals surface area contributed by atoms with Crippen LogP contribution in [0.15, 0.2) is 46.3 Å². The average Bonchev–Trinajstić information content (AvgIpc) is 3.35. The number of carbonyl (C=O) groups excluding carboxylic acids is 2. The fourth-order valence-corrected chi connectivity index (χ4v) is 3.67. The first kappa shape index (κ1) is 20.7. The lowest BCUT2D eigenvalue weighted by Crippen LogP contribution is -2.32. The molecule has 3 rings (SSSR count). The van der Waals surface area contributed by atoms with Crippen molar-refractivity contribution < 1.29 is 23.2 Å². The fraction of sp³-hybridized carbons (Fsp3) is 0.286. The van der Waals surface area contributed by atoms with Crippen LogP contribution >= 0.6 is 11.3 Å². The summed E-state index contributed by atoms with van der Waals surface area (Å²) in [6.07, 6.45) is 0. The summed E-state index contributed by atoms with van der Waals surface area (Å²) in [5.74, 6) is -1.10. The number of amides is 1. The third kappa shape index (κ3) is 4.89. The molecular weight excluding hydrogens is 395 g/mol. The Morgan fingerprint density at radius 2 is 1.97 bits per heavy atom. The zero-order chi connectivity index (χ0) is 21.0. The van der Waals surface area contributed by atoms with Gasteiger partial charge in [0.05, 0.1) is 11.7 Å². The molecule has 0 saturated carbocycles. The highest BCUT2D eigenvalue weighted by Gasteiger charge is 2.25. The predicted molar refractivity (Wildman–Crippen MR) is 106 cm³/mol. The molecule has 1 amide bonds. The number of halogens is 1. The summed E-state index contributed by atoms with van der Waals surface area (Å²) in [5.41, 5.74) is 1.40. The molecule has 0 spiro atoms. The number of thiophene rings is 1. The van der Waals surface area contributed by atoms with Crippen LogP contribution in [-0.2, 0) is 9.53 Å². The number of hydrogen-bond acceptors (Lipinski definition) is 6. The summed E-state index contributed by atoms with van der Waals surface area (Å²) in [6.45, 7) is 4.94. The lowest BCUT2D eigenvalue weighted by molar-refractivity contribution is -0.124. The SMILES string of the molecule is Cc1noc(C(C)C)c1C(=O)OCC(=O)NC(c1ccc(F)cc1)c1cccs1. The van der Waals surface area contributed by atoms with Gasteiger partial charge in [0, 0.05) is 10.8 Å². The van der Waals surface area contributed by atoms with Crippen LogP contribution in [-0.4, -0.2) is 23.6 Å². The van der Waals surface area contributed by atoms with Gasteiger partial charge in [-0.15, -0.1) is 11.3 Å². The molecule has 29 heavy (non-hydrogen) atoms. The van der Waals surface area contributed by atoms with Crippen molar-refractivity contribution in [1.82, 2.24) is 10.5 Å². The topological polar surface area (TPSA) is 81.4 Å². The molecule has 152 valence electrons. The Morgan fingerprint density at radius 3 is 2.59 bits per heavy atom. The number of aryl methyl sites for hydroxylation is 1. The summed E-state index contributed by atoms with van der Waals surface area (Å²) in [4.78, 5) is 25.8. The minimum atomic E-state index is -0.656. The Hall–Kier alpha value is -3.00. The minimum absolute atomic E-state index is 0.0470. The van der Waals surface area contributed by atoms with Crippen molar-refractivity contribution in [2.45, 2.75) is 32.7 Å². The summed E-state index contributed by atoms with van der Waals surface area (Å²) in [5, 5.41) is 8.54. The maximum Gasteiger partial charge on any atom is 0.344 e. The van der Waals surface area contributed by atoms with Crippen LogP contribution in [0.4, 0.5) is 4.39 Å². The maximum atomic E-state index is 13.3. The zero-order valence-corrected chi connectivity index (χ0v) is 17.1. The van der Waals surface area contributed by atoms with Crippen molar-refractivity contribution in [3.63, 3.8) is 0 Å². The molecule has 0 aliphatic rings. The number of carbonyl (C=O) groups is 2. The van der Waals surface area contributed by atoms with Crippen molar-refractivity contribution >= 4 is 23.2 Å². The molecule has 0 fully saturated rings. The second-order valence-electron chi connectivity index (χ2n) is 6.81. The Bertz CT molecular complexity index is 981. The van der Waals surface area contributed by atoms with Gasteiger partial charge in [0.15, 0.2) is 12.4 Å². The Balaban J connectivity index is 1.69. The van der Waals surface area contributed by atoms with Crippen molar-refractivity contribution in [3.05, 3.63) is 75.1 Å². The van der Waals surface area contributed by atoms with Crippen molar-refractivity contribution in [3.8, 4) is 0 Å². The van der Waals surface area contributed by atoms with E-state index in [1.165, 1.54) is 23.5 Å². The van der Waals surface area contributed by atoms with Crippen molar-refractivity contribution in [2.24, 2.45) is 0 Å². The van der Waals surface area contributed by atoms with E-state index in [0.29, 0.717) is 11.5 Å². The Morgan fingerprint density at radius 1 is 1.24 bits per heavy atom. The van der Waals surface area contributed by atoms with E-state index in [9.17, 15) is 14.0 Å². The van der Waals surface area contributed by atoms with Crippen LogP contribution in [0.25, 0.3) is 0 Å². The smallest absolute Gasteiger partial charge is 0.344 e. The highest BCUT2D eigenvalue weighted by Crippen LogP contribution is 2.26. The van der Waals surface area contributed by atoms with Crippen LogP contribution in [0.3, 0.4) is 0 Å². The van der Waals surface area contributed by atoms with E-state index in [1.54, 1.807) is 19.1 Å². The molecule has 0 saturated heterocycles.